The fourth-order valence-electron chi connectivity index (χ4n) is 2.25. The van der Waals surface area contributed by atoms with Crippen LogP contribution in [0.15, 0.2) is 12.1 Å². The van der Waals surface area contributed by atoms with Crippen LogP contribution in [0.1, 0.15) is 23.2 Å². The van der Waals surface area contributed by atoms with Gasteiger partial charge in [-0.25, -0.2) is 8.78 Å². The summed E-state index contributed by atoms with van der Waals surface area (Å²) in [6, 6.07) is 2.06. The molecule has 1 fully saturated rings. The summed E-state index contributed by atoms with van der Waals surface area (Å²) in [5, 5.41) is 5.08. The van der Waals surface area contributed by atoms with Gasteiger partial charge in [0, 0.05) is 32.4 Å². The van der Waals surface area contributed by atoms with Gasteiger partial charge in [-0.1, -0.05) is 0 Å². The van der Waals surface area contributed by atoms with Crippen LogP contribution in [0.3, 0.4) is 0 Å². The minimum Gasteiger partial charge on any atom is -0.383 e. The summed E-state index contributed by atoms with van der Waals surface area (Å²) in [5.74, 6) is -1.57. The quantitative estimate of drug-likeness (QED) is 0.871. The Bertz CT molecular complexity index is 465. The molecule has 1 saturated heterocycles. The zero-order valence-electron chi connectivity index (χ0n) is 11.3. The maximum atomic E-state index is 13.5. The highest BCUT2D eigenvalue weighted by molar-refractivity contribution is 5.94. The van der Waals surface area contributed by atoms with Gasteiger partial charge in [-0.2, -0.15) is 0 Å². The standard InChI is InChI=1S/C14H18F2N2O2/c1-17-13-11(15)6-10(7-12(13)16)14(19)18-4-2-9-3-5-20-8-9/h6-7,9,17H,2-5,8H2,1H3,(H,18,19). The van der Waals surface area contributed by atoms with Crippen molar-refractivity contribution in [1.82, 2.24) is 5.32 Å². The van der Waals surface area contributed by atoms with Crippen molar-refractivity contribution < 1.29 is 18.3 Å². The van der Waals surface area contributed by atoms with Gasteiger partial charge >= 0.3 is 0 Å². The minimum atomic E-state index is -0.776. The van der Waals surface area contributed by atoms with E-state index < -0.39 is 17.5 Å². The number of nitrogens with one attached hydrogen (secondary N) is 2. The molecule has 2 rings (SSSR count). The monoisotopic (exact) mass is 284 g/mol. The first kappa shape index (κ1) is 14.7. The molecule has 1 heterocycles. The lowest BCUT2D eigenvalue weighted by molar-refractivity contribution is 0.0949. The highest BCUT2D eigenvalue weighted by Gasteiger charge is 2.17. The van der Waals surface area contributed by atoms with Gasteiger partial charge in [0.05, 0.1) is 0 Å². The van der Waals surface area contributed by atoms with Crippen LogP contribution in [0.2, 0.25) is 0 Å². The first-order chi connectivity index (χ1) is 9.61. The van der Waals surface area contributed by atoms with Gasteiger partial charge < -0.3 is 15.4 Å². The molecule has 110 valence electrons. The first-order valence-electron chi connectivity index (χ1n) is 6.64. The van der Waals surface area contributed by atoms with Crippen molar-refractivity contribution in [3.05, 3.63) is 29.3 Å². The van der Waals surface area contributed by atoms with Crippen LogP contribution in [0.5, 0.6) is 0 Å². The molecule has 0 aliphatic carbocycles. The molecular weight excluding hydrogens is 266 g/mol. The molecule has 0 saturated carbocycles. The van der Waals surface area contributed by atoms with Crippen LogP contribution in [-0.4, -0.2) is 32.7 Å². The Morgan fingerprint density at radius 3 is 2.65 bits per heavy atom. The number of benzene rings is 1. The second-order valence-corrected chi connectivity index (χ2v) is 4.84. The van der Waals surface area contributed by atoms with Crippen molar-refractivity contribution in [3.8, 4) is 0 Å². The van der Waals surface area contributed by atoms with E-state index in [1.807, 2.05) is 0 Å². The van der Waals surface area contributed by atoms with E-state index in [2.05, 4.69) is 10.6 Å². The molecule has 0 bridgehead atoms. The summed E-state index contributed by atoms with van der Waals surface area (Å²) in [6.07, 6.45) is 1.81. The van der Waals surface area contributed by atoms with Crippen LogP contribution in [0, 0.1) is 17.6 Å². The van der Waals surface area contributed by atoms with Crippen LogP contribution in [0.4, 0.5) is 14.5 Å². The molecule has 1 atom stereocenters. The summed E-state index contributed by atoms with van der Waals surface area (Å²) >= 11 is 0. The average molecular weight is 284 g/mol. The lowest BCUT2D eigenvalue weighted by atomic mass is 10.1. The molecular formula is C14H18F2N2O2. The van der Waals surface area contributed by atoms with Crippen molar-refractivity contribution in [1.29, 1.82) is 0 Å². The molecule has 1 aromatic carbocycles. The molecule has 6 heteroatoms. The Morgan fingerprint density at radius 2 is 2.10 bits per heavy atom. The average Bonchev–Trinajstić information content (AvgIpc) is 2.91. The fourth-order valence-corrected chi connectivity index (χ4v) is 2.25. The number of carbonyl (C=O) groups is 1. The third-order valence-corrected chi connectivity index (χ3v) is 3.42. The van der Waals surface area contributed by atoms with Crippen LogP contribution in [0.25, 0.3) is 0 Å². The molecule has 0 aromatic heterocycles. The first-order valence-corrected chi connectivity index (χ1v) is 6.64. The van der Waals surface area contributed by atoms with Crippen LogP contribution < -0.4 is 10.6 Å². The SMILES string of the molecule is CNc1c(F)cc(C(=O)NCCC2CCOC2)cc1F. The van der Waals surface area contributed by atoms with Crippen molar-refractivity contribution in [2.75, 3.05) is 32.1 Å². The Balaban J connectivity index is 1.91. The summed E-state index contributed by atoms with van der Waals surface area (Å²) < 4.78 is 32.3. The van der Waals surface area contributed by atoms with Gasteiger partial charge in [0.15, 0.2) is 0 Å². The van der Waals surface area contributed by atoms with E-state index in [-0.39, 0.29) is 11.3 Å². The minimum absolute atomic E-state index is 0.0123. The van der Waals surface area contributed by atoms with Gasteiger partial charge in [0.25, 0.3) is 5.91 Å². The molecule has 1 aliphatic heterocycles. The van der Waals surface area contributed by atoms with Crippen molar-refractivity contribution in [3.63, 3.8) is 0 Å². The highest BCUT2D eigenvalue weighted by atomic mass is 19.1. The summed E-state index contributed by atoms with van der Waals surface area (Å²) in [7, 11) is 1.42. The van der Waals surface area contributed by atoms with Crippen molar-refractivity contribution in [2.45, 2.75) is 12.8 Å². The number of hydrogen-bond donors (Lipinski definition) is 2. The second kappa shape index (κ2) is 6.65. The predicted octanol–water partition coefficient (Wildman–Crippen LogP) is 2.16. The van der Waals surface area contributed by atoms with E-state index in [9.17, 15) is 13.6 Å². The largest absolute Gasteiger partial charge is 0.383 e. The number of amides is 1. The summed E-state index contributed by atoms with van der Waals surface area (Å²) in [4.78, 5) is 11.8. The van der Waals surface area contributed by atoms with Crippen LogP contribution >= 0.6 is 0 Å². The van der Waals surface area contributed by atoms with Crippen molar-refractivity contribution >= 4 is 11.6 Å². The predicted molar refractivity (Wildman–Crippen MR) is 71.8 cm³/mol. The smallest absolute Gasteiger partial charge is 0.251 e. The van der Waals surface area contributed by atoms with E-state index >= 15 is 0 Å². The third-order valence-electron chi connectivity index (χ3n) is 3.42. The molecule has 0 spiro atoms. The molecule has 1 amide bonds. The number of hydrogen-bond acceptors (Lipinski definition) is 3. The zero-order valence-corrected chi connectivity index (χ0v) is 11.3. The van der Waals surface area contributed by atoms with E-state index in [0.717, 1.165) is 38.2 Å². The maximum Gasteiger partial charge on any atom is 0.251 e. The fraction of sp³-hybridized carbons (Fsp3) is 0.500. The molecule has 1 unspecified atom stereocenters. The second-order valence-electron chi connectivity index (χ2n) is 4.84. The normalized spacial score (nSPS) is 18.1. The Hall–Kier alpha value is -1.69. The van der Waals surface area contributed by atoms with Crippen molar-refractivity contribution in [2.24, 2.45) is 5.92 Å². The van der Waals surface area contributed by atoms with Gasteiger partial charge in [0.1, 0.15) is 17.3 Å². The zero-order chi connectivity index (χ0) is 14.5. The number of anilines is 1. The number of ether oxygens (including phenoxy) is 1. The molecule has 20 heavy (non-hydrogen) atoms. The Labute approximate surface area is 116 Å². The lowest BCUT2D eigenvalue weighted by Crippen LogP contribution is -2.26. The molecule has 1 aromatic rings. The van der Waals surface area contributed by atoms with Gasteiger partial charge in [-0.15, -0.1) is 0 Å². The van der Waals surface area contributed by atoms with E-state index in [0.29, 0.717) is 12.5 Å². The summed E-state index contributed by atoms with van der Waals surface area (Å²) in [5.41, 5.74) is -0.244. The van der Waals surface area contributed by atoms with Crippen LogP contribution in [-0.2, 0) is 4.74 Å². The number of rotatable bonds is 5. The lowest BCUT2D eigenvalue weighted by Gasteiger charge is -2.10. The third kappa shape index (κ3) is 3.45. The van der Waals surface area contributed by atoms with Gasteiger partial charge in [-0.3, -0.25) is 4.79 Å². The molecule has 1 aliphatic rings. The summed E-state index contributed by atoms with van der Waals surface area (Å²) in [6.45, 7) is 1.96. The maximum absolute atomic E-state index is 13.5. The Morgan fingerprint density at radius 1 is 1.40 bits per heavy atom. The Kier molecular flexibility index (Phi) is 4.89. The van der Waals surface area contributed by atoms with E-state index in [1.165, 1.54) is 7.05 Å². The van der Waals surface area contributed by atoms with Gasteiger partial charge in [0.2, 0.25) is 0 Å². The topological polar surface area (TPSA) is 50.4 Å². The van der Waals surface area contributed by atoms with E-state index in [1.54, 1.807) is 0 Å². The molecule has 2 N–H and O–H groups in total. The van der Waals surface area contributed by atoms with E-state index in [4.69, 9.17) is 4.74 Å². The van der Waals surface area contributed by atoms with Gasteiger partial charge in [-0.05, 0) is 30.9 Å². The number of carbonyl (C=O) groups excluding carboxylic acids is 1. The number of halogens is 2. The highest BCUT2D eigenvalue weighted by Crippen LogP contribution is 2.20. The molecule has 0 radical (unpaired) electrons. The molecule has 4 nitrogen and oxygen atoms in total.